The van der Waals surface area contributed by atoms with Crippen molar-refractivity contribution in [1.29, 1.82) is 0 Å². The molecule has 0 aliphatic heterocycles. The molecule has 0 bridgehead atoms. The number of hydrogen-bond donors (Lipinski definition) is 2. The molecule has 3 N–H and O–H groups in total. The van der Waals surface area contributed by atoms with E-state index in [2.05, 4.69) is 10.4 Å². The number of aromatic nitrogens is 1. The third-order valence-corrected chi connectivity index (χ3v) is 1.87. The van der Waals surface area contributed by atoms with Crippen LogP contribution in [-0.2, 0) is 0 Å². The van der Waals surface area contributed by atoms with Gasteiger partial charge in [0.1, 0.15) is 17.5 Å². The zero-order valence-corrected chi connectivity index (χ0v) is 7.09. The number of pyridine rings is 1. The molecule has 1 aromatic carbocycles. The van der Waals surface area contributed by atoms with Gasteiger partial charge in [-0.25, -0.2) is 19.6 Å². The van der Waals surface area contributed by atoms with E-state index in [1.54, 1.807) is 0 Å². The molecule has 0 amide bonds. The van der Waals surface area contributed by atoms with Gasteiger partial charge in [0, 0.05) is 17.5 Å². The Labute approximate surface area is 78.5 Å². The van der Waals surface area contributed by atoms with Crippen molar-refractivity contribution < 1.29 is 8.78 Å². The van der Waals surface area contributed by atoms with Crippen LogP contribution in [-0.4, -0.2) is 4.98 Å². The van der Waals surface area contributed by atoms with Crippen molar-refractivity contribution in [3.05, 3.63) is 35.9 Å². The van der Waals surface area contributed by atoms with Crippen molar-refractivity contribution in [3.63, 3.8) is 0 Å². The van der Waals surface area contributed by atoms with Gasteiger partial charge in [-0.2, -0.15) is 0 Å². The first-order valence-electron chi connectivity index (χ1n) is 3.93. The van der Waals surface area contributed by atoms with Crippen LogP contribution >= 0.6 is 0 Å². The minimum Gasteiger partial charge on any atom is -0.308 e. The molecule has 0 saturated carbocycles. The summed E-state index contributed by atoms with van der Waals surface area (Å²) in [7, 11) is 0. The Morgan fingerprint density at radius 2 is 2.00 bits per heavy atom. The second kappa shape index (κ2) is 3.19. The highest BCUT2D eigenvalue weighted by molar-refractivity contribution is 5.80. The van der Waals surface area contributed by atoms with Crippen LogP contribution in [0.2, 0.25) is 0 Å². The summed E-state index contributed by atoms with van der Waals surface area (Å²) in [5, 5.41) is 0.269. The minimum absolute atomic E-state index is 0.234. The van der Waals surface area contributed by atoms with Gasteiger partial charge in [0.25, 0.3) is 0 Å². The Balaban J connectivity index is 2.75. The second-order valence-electron chi connectivity index (χ2n) is 2.80. The van der Waals surface area contributed by atoms with Crippen molar-refractivity contribution in [2.45, 2.75) is 0 Å². The molecule has 1 aromatic heterocycles. The molecule has 0 saturated heterocycles. The number of nitrogens with two attached hydrogens (primary N) is 1. The van der Waals surface area contributed by atoms with Crippen LogP contribution in [0.4, 0.5) is 14.6 Å². The van der Waals surface area contributed by atoms with E-state index in [0.29, 0.717) is 5.82 Å². The zero-order valence-electron chi connectivity index (χ0n) is 7.09. The third kappa shape index (κ3) is 1.38. The molecule has 5 heteroatoms. The number of fused-ring (bicyclic) bond motifs is 1. The monoisotopic (exact) mass is 195 g/mol. The lowest BCUT2D eigenvalue weighted by Crippen LogP contribution is -2.08. The molecule has 72 valence electrons. The lowest BCUT2D eigenvalue weighted by atomic mass is 10.2. The number of nitrogens with one attached hydrogen (secondary N) is 1. The number of hydrazine groups is 1. The maximum atomic E-state index is 13.2. The first-order chi connectivity index (χ1) is 6.70. The van der Waals surface area contributed by atoms with E-state index in [4.69, 9.17) is 5.84 Å². The van der Waals surface area contributed by atoms with Crippen LogP contribution in [0.3, 0.4) is 0 Å². The molecule has 0 atom stereocenters. The summed E-state index contributed by atoms with van der Waals surface area (Å²) in [5.41, 5.74) is 2.54. The number of nitrogen functional groups attached to an aromatic ring is 1. The van der Waals surface area contributed by atoms with Crippen molar-refractivity contribution >= 4 is 16.7 Å². The molecule has 0 fully saturated rings. The van der Waals surface area contributed by atoms with Gasteiger partial charge in [0.05, 0.1) is 5.52 Å². The van der Waals surface area contributed by atoms with Crippen LogP contribution in [0.5, 0.6) is 0 Å². The van der Waals surface area contributed by atoms with Crippen molar-refractivity contribution in [2.75, 3.05) is 5.43 Å². The Morgan fingerprint density at radius 3 is 2.71 bits per heavy atom. The Hall–Kier alpha value is -1.75. The Kier molecular flexibility index (Phi) is 2.01. The Bertz CT molecular complexity index is 485. The molecular formula is C9H7F2N3. The van der Waals surface area contributed by atoms with Crippen LogP contribution in [0.15, 0.2) is 24.3 Å². The Morgan fingerprint density at radius 1 is 1.21 bits per heavy atom. The van der Waals surface area contributed by atoms with Gasteiger partial charge in [0.2, 0.25) is 0 Å². The summed E-state index contributed by atoms with van der Waals surface area (Å²) in [6.45, 7) is 0. The van der Waals surface area contributed by atoms with Crippen LogP contribution in [0, 0.1) is 11.6 Å². The highest BCUT2D eigenvalue weighted by Gasteiger charge is 2.05. The summed E-state index contributed by atoms with van der Waals surface area (Å²) in [4.78, 5) is 3.90. The van der Waals surface area contributed by atoms with E-state index in [0.717, 1.165) is 12.1 Å². The van der Waals surface area contributed by atoms with E-state index in [-0.39, 0.29) is 10.9 Å². The first-order valence-corrected chi connectivity index (χ1v) is 3.93. The van der Waals surface area contributed by atoms with Crippen LogP contribution < -0.4 is 11.3 Å². The maximum absolute atomic E-state index is 13.2. The number of benzene rings is 1. The van der Waals surface area contributed by atoms with Gasteiger partial charge in [-0.1, -0.05) is 0 Å². The van der Waals surface area contributed by atoms with Gasteiger partial charge < -0.3 is 5.43 Å². The zero-order chi connectivity index (χ0) is 10.1. The van der Waals surface area contributed by atoms with Crippen LogP contribution in [0.1, 0.15) is 0 Å². The predicted molar refractivity (Wildman–Crippen MR) is 49.5 cm³/mol. The smallest absolute Gasteiger partial charge is 0.140 e. The van der Waals surface area contributed by atoms with E-state index in [9.17, 15) is 8.78 Å². The molecule has 0 aliphatic carbocycles. The molecular weight excluding hydrogens is 188 g/mol. The van der Waals surface area contributed by atoms with E-state index >= 15 is 0 Å². The fraction of sp³-hybridized carbons (Fsp3) is 0. The molecule has 0 spiro atoms. The molecule has 14 heavy (non-hydrogen) atoms. The average molecular weight is 195 g/mol. The summed E-state index contributed by atoms with van der Waals surface area (Å²) < 4.78 is 26.0. The predicted octanol–water partition coefficient (Wildman–Crippen LogP) is 1.80. The normalized spacial score (nSPS) is 10.5. The summed E-state index contributed by atoms with van der Waals surface area (Å²) >= 11 is 0. The maximum Gasteiger partial charge on any atom is 0.140 e. The van der Waals surface area contributed by atoms with Gasteiger partial charge >= 0.3 is 0 Å². The highest BCUT2D eigenvalue weighted by atomic mass is 19.1. The first kappa shape index (κ1) is 8.83. The second-order valence-corrected chi connectivity index (χ2v) is 2.80. The van der Waals surface area contributed by atoms with Crippen molar-refractivity contribution in [1.82, 2.24) is 4.98 Å². The fourth-order valence-electron chi connectivity index (χ4n) is 1.24. The third-order valence-electron chi connectivity index (χ3n) is 1.87. The number of hydrogen-bond acceptors (Lipinski definition) is 3. The van der Waals surface area contributed by atoms with Gasteiger partial charge in [-0.3, -0.25) is 0 Å². The quantitative estimate of drug-likeness (QED) is 0.538. The van der Waals surface area contributed by atoms with Crippen molar-refractivity contribution in [2.24, 2.45) is 5.84 Å². The van der Waals surface area contributed by atoms with Crippen LogP contribution in [0.25, 0.3) is 10.9 Å². The standard InChI is InChI=1S/C9H7F2N3/c10-5-3-7(11)6-1-2-9(14-12)13-8(6)4-5/h1-4H,12H2,(H,13,14). The van der Waals surface area contributed by atoms with Gasteiger partial charge in [0.15, 0.2) is 0 Å². The van der Waals surface area contributed by atoms with Crippen molar-refractivity contribution in [3.8, 4) is 0 Å². The molecule has 2 aromatic rings. The topological polar surface area (TPSA) is 50.9 Å². The van der Waals surface area contributed by atoms with Gasteiger partial charge in [-0.05, 0) is 12.1 Å². The highest BCUT2D eigenvalue weighted by Crippen LogP contribution is 2.19. The largest absolute Gasteiger partial charge is 0.308 e. The van der Waals surface area contributed by atoms with E-state index < -0.39 is 11.6 Å². The summed E-state index contributed by atoms with van der Waals surface area (Å²) in [5.74, 6) is 4.20. The minimum atomic E-state index is -0.656. The molecule has 0 aliphatic rings. The number of halogens is 2. The lowest BCUT2D eigenvalue weighted by molar-refractivity contribution is 0.591. The van der Waals surface area contributed by atoms with Gasteiger partial charge in [-0.15, -0.1) is 0 Å². The summed E-state index contributed by atoms with van der Waals surface area (Å²) in [6, 6.07) is 4.98. The summed E-state index contributed by atoms with van der Waals surface area (Å²) in [6.07, 6.45) is 0. The lowest BCUT2D eigenvalue weighted by Gasteiger charge is -2.02. The molecule has 0 unspecified atom stereocenters. The SMILES string of the molecule is NNc1ccc2c(F)cc(F)cc2n1. The number of rotatable bonds is 1. The number of anilines is 1. The molecule has 0 radical (unpaired) electrons. The fourth-order valence-corrected chi connectivity index (χ4v) is 1.24. The molecule has 2 rings (SSSR count). The molecule has 3 nitrogen and oxygen atoms in total. The van der Waals surface area contributed by atoms with E-state index in [1.165, 1.54) is 12.1 Å². The average Bonchev–Trinajstić information content (AvgIpc) is 2.16. The molecule has 1 heterocycles. The van der Waals surface area contributed by atoms with E-state index in [1.807, 2.05) is 0 Å². The number of nitrogens with zero attached hydrogens (tertiary/aromatic N) is 1.